The Morgan fingerprint density at radius 3 is 1.50 bits per heavy atom. The molecule has 0 bridgehead atoms. The number of carbonyl (C=O) groups is 1. The van der Waals surface area contributed by atoms with Crippen molar-refractivity contribution in [3.63, 3.8) is 0 Å². The zero-order valence-corrected chi connectivity index (χ0v) is 38.5. The predicted octanol–water partition coefficient (Wildman–Crippen LogP) is 11.5. The van der Waals surface area contributed by atoms with Crippen molar-refractivity contribution in [2.75, 3.05) is 18.6 Å². The topological polar surface area (TPSA) is 84.9 Å². The van der Waals surface area contributed by atoms with E-state index in [9.17, 15) is 4.79 Å². The third-order valence-electron chi connectivity index (χ3n) is 12.7. The van der Waals surface area contributed by atoms with E-state index in [1.54, 1.807) is 7.11 Å². The van der Waals surface area contributed by atoms with Crippen molar-refractivity contribution in [3.05, 3.63) is 234 Å². The number of anilines is 1. The number of aryl methyl sites for hydroxylation is 1. The highest BCUT2D eigenvalue weighted by Crippen LogP contribution is 2.46. The standard InChI is InChI=1S/C59H59NO8/c1-62-50-36-32-49(33-37-50)60-54(52(58(60)61)29-17-28-43-18-7-2-8-19-43)48-30-34-51(35-31-48)67-59-57(66-41-47-26-15-6-16-27-47)56(65-40-46-24-13-5-14-25-46)55(64-39-45-22-11-4-12-23-45)53(68-59)42-63-38-44-20-9-3-10-21-44/h2-16,18-27,30-37,52-57,59H,17,28-29,38-42H2,1H3/t52-,53-,54-,55-,56+,57-,59+/m1/s1. The minimum absolute atomic E-state index is 0.119. The molecule has 2 saturated heterocycles. The SMILES string of the molecule is COc1ccc(N2C(=O)[C@H](CCCc3ccccc3)[C@H]2c2ccc(O[C@H]3O[C@H](COCc4ccccc4)[C@@H](OCc4ccccc4)[C@H](OCc4ccccc4)[C@H]3OCc3ccccc3)cc2)cc1. The van der Waals surface area contributed by atoms with E-state index >= 15 is 0 Å². The molecule has 7 aromatic carbocycles. The van der Waals surface area contributed by atoms with Gasteiger partial charge in [-0.3, -0.25) is 4.79 Å². The van der Waals surface area contributed by atoms with Crippen LogP contribution in [-0.4, -0.2) is 50.3 Å². The number of rotatable bonds is 22. The molecule has 0 aromatic heterocycles. The Hall–Kier alpha value is -6.59. The van der Waals surface area contributed by atoms with Crippen LogP contribution in [0.4, 0.5) is 5.69 Å². The summed E-state index contributed by atoms with van der Waals surface area (Å²) in [6, 6.07) is 66.4. The van der Waals surface area contributed by atoms with Gasteiger partial charge >= 0.3 is 0 Å². The Morgan fingerprint density at radius 1 is 0.500 bits per heavy atom. The lowest BCUT2D eigenvalue weighted by atomic mass is 9.78. The first-order valence-corrected chi connectivity index (χ1v) is 23.6. The first kappa shape index (κ1) is 46.5. The van der Waals surface area contributed by atoms with Gasteiger partial charge in [0.05, 0.1) is 52.1 Å². The first-order chi connectivity index (χ1) is 33.6. The van der Waals surface area contributed by atoms with E-state index in [4.69, 9.17) is 33.2 Å². The third-order valence-corrected chi connectivity index (χ3v) is 12.7. The average Bonchev–Trinajstić information content (AvgIpc) is 3.39. The van der Waals surface area contributed by atoms with Crippen LogP contribution in [0.1, 0.15) is 52.3 Å². The summed E-state index contributed by atoms with van der Waals surface area (Å²) in [4.78, 5) is 15.9. The molecule has 0 spiro atoms. The molecule has 0 radical (unpaired) electrons. The zero-order valence-electron chi connectivity index (χ0n) is 38.5. The molecule has 2 aliphatic heterocycles. The maximum absolute atomic E-state index is 14.0. The van der Waals surface area contributed by atoms with Crippen LogP contribution in [0.5, 0.6) is 11.5 Å². The van der Waals surface area contributed by atoms with Crippen molar-refractivity contribution >= 4 is 11.6 Å². The molecule has 0 saturated carbocycles. The van der Waals surface area contributed by atoms with Crippen molar-refractivity contribution in [2.24, 2.45) is 5.92 Å². The van der Waals surface area contributed by atoms with Gasteiger partial charge in [-0.2, -0.15) is 0 Å². The fraction of sp³-hybridized carbons (Fsp3) is 0.271. The Kier molecular flexibility index (Phi) is 16.0. The second kappa shape index (κ2) is 23.4. The van der Waals surface area contributed by atoms with Crippen LogP contribution in [-0.2, 0) is 61.3 Å². The summed E-state index contributed by atoms with van der Waals surface area (Å²) in [5.74, 6) is 1.27. The van der Waals surface area contributed by atoms with Gasteiger partial charge in [0.1, 0.15) is 35.9 Å². The van der Waals surface area contributed by atoms with Crippen LogP contribution < -0.4 is 14.4 Å². The smallest absolute Gasteiger partial charge is 0.233 e. The number of hydrogen-bond donors (Lipinski definition) is 0. The van der Waals surface area contributed by atoms with Gasteiger partial charge in [-0.05, 0) is 89.0 Å². The van der Waals surface area contributed by atoms with E-state index in [1.807, 2.05) is 169 Å². The number of β-lactam (4-membered cyclic amide) rings is 1. The van der Waals surface area contributed by atoms with Gasteiger partial charge < -0.3 is 38.1 Å². The summed E-state index contributed by atoms with van der Waals surface area (Å²) >= 11 is 0. The molecule has 9 nitrogen and oxygen atoms in total. The first-order valence-electron chi connectivity index (χ1n) is 23.6. The highest BCUT2D eigenvalue weighted by molar-refractivity contribution is 6.03. The maximum Gasteiger partial charge on any atom is 0.233 e. The average molecular weight is 910 g/mol. The van der Waals surface area contributed by atoms with Crippen molar-refractivity contribution in [3.8, 4) is 11.5 Å². The lowest BCUT2D eigenvalue weighted by Gasteiger charge is -2.48. The quantitative estimate of drug-likeness (QED) is 0.0622. The number of carbonyl (C=O) groups excluding carboxylic acids is 1. The van der Waals surface area contributed by atoms with Crippen LogP contribution in [0.3, 0.4) is 0 Å². The van der Waals surface area contributed by atoms with Gasteiger partial charge in [0.25, 0.3) is 0 Å². The molecule has 9 heteroatoms. The van der Waals surface area contributed by atoms with E-state index in [0.717, 1.165) is 58.5 Å². The van der Waals surface area contributed by atoms with E-state index in [0.29, 0.717) is 32.2 Å². The van der Waals surface area contributed by atoms with Crippen LogP contribution >= 0.6 is 0 Å². The summed E-state index contributed by atoms with van der Waals surface area (Å²) in [5.41, 5.74) is 7.22. The van der Waals surface area contributed by atoms with Crippen LogP contribution in [0.15, 0.2) is 200 Å². The van der Waals surface area contributed by atoms with Gasteiger partial charge in [0.15, 0.2) is 0 Å². The monoisotopic (exact) mass is 909 g/mol. The molecule has 9 rings (SSSR count). The van der Waals surface area contributed by atoms with Gasteiger partial charge in [-0.25, -0.2) is 0 Å². The summed E-state index contributed by atoms with van der Waals surface area (Å²) in [6.07, 6.45) is -0.900. The molecule has 2 fully saturated rings. The second-order valence-corrected chi connectivity index (χ2v) is 17.3. The molecule has 0 unspecified atom stereocenters. The molecular weight excluding hydrogens is 851 g/mol. The number of amides is 1. The highest BCUT2D eigenvalue weighted by atomic mass is 16.7. The van der Waals surface area contributed by atoms with Gasteiger partial charge in [-0.1, -0.05) is 164 Å². The minimum atomic E-state index is -0.918. The summed E-state index contributed by atoms with van der Waals surface area (Å²) in [6.45, 7) is 1.55. The lowest BCUT2D eigenvalue weighted by molar-refractivity contribution is -0.310. The maximum atomic E-state index is 14.0. The Morgan fingerprint density at radius 2 is 0.971 bits per heavy atom. The van der Waals surface area contributed by atoms with E-state index in [-0.39, 0.29) is 24.5 Å². The third kappa shape index (κ3) is 11.9. The Bertz CT molecular complexity index is 2570. The molecule has 1 amide bonds. The van der Waals surface area contributed by atoms with Crippen LogP contribution in [0, 0.1) is 5.92 Å². The normalized spacial score (nSPS) is 21.2. The van der Waals surface area contributed by atoms with Crippen molar-refractivity contribution < 1.29 is 38.0 Å². The largest absolute Gasteiger partial charge is 0.497 e. The predicted molar refractivity (Wildman–Crippen MR) is 263 cm³/mol. The molecule has 0 aliphatic carbocycles. The molecular formula is C59H59NO8. The number of benzene rings is 7. The molecule has 2 heterocycles. The molecule has 348 valence electrons. The van der Waals surface area contributed by atoms with Crippen molar-refractivity contribution in [2.45, 2.75) is 82.4 Å². The lowest BCUT2D eigenvalue weighted by Crippen LogP contribution is -2.62. The zero-order chi connectivity index (χ0) is 46.3. The molecule has 7 aromatic rings. The van der Waals surface area contributed by atoms with E-state index in [2.05, 4.69) is 36.4 Å². The van der Waals surface area contributed by atoms with Gasteiger partial charge in [0.2, 0.25) is 12.2 Å². The molecule has 0 N–H and O–H groups in total. The van der Waals surface area contributed by atoms with E-state index in [1.165, 1.54) is 5.56 Å². The Balaban J connectivity index is 1.01. The van der Waals surface area contributed by atoms with Crippen molar-refractivity contribution in [1.29, 1.82) is 0 Å². The van der Waals surface area contributed by atoms with Gasteiger partial charge in [-0.15, -0.1) is 0 Å². The molecule has 68 heavy (non-hydrogen) atoms. The number of methoxy groups -OCH3 is 1. The van der Waals surface area contributed by atoms with Crippen molar-refractivity contribution in [1.82, 2.24) is 0 Å². The van der Waals surface area contributed by atoms with Gasteiger partial charge in [0, 0.05) is 5.69 Å². The minimum Gasteiger partial charge on any atom is -0.497 e. The van der Waals surface area contributed by atoms with E-state index < -0.39 is 30.7 Å². The van der Waals surface area contributed by atoms with Crippen LogP contribution in [0.2, 0.25) is 0 Å². The number of ether oxygens (including phenoxy) is 7. The fourth-order valence-electron chi connectivity index (χ4n) is 9.13. The summed E-state index contributed by atoms with van der Waals surface area (Å²) in [7, 11) is 1.64. The summed E-state index contributed by atoms with van der Waals surface area (Å²) < 4.78 is 46.4. The summed E-state index contributed by atoms with van der Waals surface area (Å²) in [5, 5.41) is 0. The van der Waals surface area contributed by atoms with Crippen LogP contribution in [0.25, 0.3) is 0 Å². The fourth-order valence-corrected chi connectivity index (χ4v) is 9.13. The number of hydrogen-bond acceptors (Lipinski definition) is 8. The molecule has 2 aliphatic rings. The number of nitrogens with zero attached hydrogens (tertiary/aromatic N) is 1. The highest BCUT2D eigenvalue weighted by Gasteiger charge is 2.51. The second-order valence-electron chi connectivity index (χ2n) is 17.3. The Labute approximate surface area is 400 Å². The molecule has 7 atom stereocenters.